The molecular formula is C46H74N4O8. The fraction of sp³-hybridized carbons (Fsp3) is 0.761. The van der Waals surface area contributed by atoms with Gasteiger partial charge in [0.05, 0.1) is 48.8 Å². The van der Waals surface area contributed by atoms with Crippen molar-refractivity contribution in [3.8, 4) is 0 Å². The van der Waals surface area contributed by atoms with Gasteiger partial charge in [0.25, 0.3) is 5.91 Å². The molecule has 3 aliphatic rings. The van der Waals surface area contributed by atoms with Crippen LogP contribution in [-0.4, -0.2) is 122 Å². The van der Waals surface area contributed by atoms with Crippen LogP contribution in [0.25, 0.3) is 0 Å². The Balaban J connectivity index is 1.51. The van der Waals surface area contributed by atoms with E-state index in [2.05, 4.69) is 19.2 Å². The van der Waals surface area contributed by atoms with Gasteiger partial charge in [0, 0.05) is 59.0 Å². The summed E-state index contributed by atoms with van der Waals surface area (Å²) < 4.78 is 12.2. The van der Waals surface area contributed by atoms with Crippen LogP contribution < -0.4 is 5.32 Å². The van der Waals surface area contributed by atoms with E-state index in [4.69, 9.17) is 14.3 Å². The highest BCUT2D eigenvalue weighted by atomic mass is 16.7. The molecule has 0 radical (unpaired) electrons. The van der Waals surface area contributed by atoms with Gasteiger partial charge in [-0.15, -0.1) is 0 Å². The quantitative estimate of drug-likeness (QED) is 0.148. The van der Waals surface area contributed by atoms with Crippen LogP contribution in [0.5, 0.6) is 0 Å². The maximum atomic E-state index is 14.4. The van der Waals surface area contributed by atoms with Gasteiger partial charge < -0.3 is 24.6 Å². The lowest BCUT2D eigenvalue weighted by molar-refractivity contribution is -0.203. The predicted octanol–water partition coefficient (Wildman–Crippen LogP) is 6.07. The zero-order valence-electron chi connectivity index (χ0n) is 37.3. The SMILES string of the molecule is CC[C@H](C)[C@@H]([C@@H](CC(=O)N1CCC[C@H]1[C@H](OC)[C@@H](C)C(=O)C[C@@]1(C(=O)N2CCCCO2)C[C@@H]1c1ccccc1)OC)N(C)C(=O)[C@@H](CC(=O)[C@@H](NC)C(C)C)C(C)C. The minimum atomic E-state index is -0.876. The Morgan fingerprint density at radius 2 is 1.60 bits per heavy atom. The molecule has 3 amide bonds. The minimum Gasteiger partial charge on any atom is -0.379 e. The van der Waals surface area contributed by atoms with E-state index < -0.39 is 35.5 Å². The van der Waals surface area contributed by atoms with Crippen molar-refractivity contribution in [2.24, 2.45) is 35.0 Å². The van der Waals surface area contributed by atoms with Gasteiger partial charge in [-0.25, -0.2) is 5.06 Å². The van der Waals surface area contributed by atoms with E-state index in [0.717, 1.165) is 31.2 Å². The fourth-order valence-electron chi connectivity index (χ4n) is 9.83. The number of carbonyl (C=O) groups excluding carboxylic acids is 5. The molecule has 0 spiro atoms. The van der Waals surface area contributed by atoms with Crippen LogP contribution in [0, 0.1) is 35.0 Å². The molecule has 1 N–H and O–H groups in total. The summed E-state index contributed by atoms with van der Waals surface area (Å²) in [5, 5.41) is 4.60. The summed E-state index contributed by atoms with van der Waals surface area (Å²) >= 11 is 0. The molecule has 0 bridgehead atoms. The monoisotopic (exact) mass is 811 g/mol. The molecule has 10 atom stereocenters. The van der Waals surface area contributed by atoms with Crippen molar-refractivity contribution < 1.29 is 38.3 Å². The van der Waals surface area contributed by atoms with E-state index in [1.165, 1.54) is 5.06 Å². The second-order valence-corrected chi connectivity index (χ2v) is 18.0. The van der Waals surface area contributed by atoms with Crippen molar-refractivity contribution in [2.45, 2.75) is 143 Å². The standard InChI is InChI=1S/C46H74N4O8/c1-12-31(6)42(48(9)44(54)34(29(2)3)25-37(51)41(47-8)30(4)5)39(56-10)26-40(53)49-22-18-21-36(49)43(57-11)32(7)38(52)28-46(45(55)50-23-16-17-24-58-50)27-35(46)33-19-14-13-15-20-33/h13-15,19-20,29-32,34-36,39,41-43,47H,12,16-18,21-28H2,1-11H3/t31-,32-,34-,35+,36-,39+,41-,42-,43+,46-/m0/s1. The van der Waals surface area contributed by atoms with Crippen molar-refractivity contribution in [3.05, 3.63) is 35.9 Å². The second kappa shape index (κ2) is 21.4. The summed E-state index contributed by atoms with van der Waals surface area (Å²) in [7, 11) is 6.73. The van der Waals surface area contributed by atoms with Crippen molar-refractivity contribution >= 4 is 29.3 Å². The molecule has 326 valence electrons. The zero-order chi connectivity index (χ0) is 42.9. The van der Waals surface area contributed by atoms with E-state index in [9.17, 15) is 24.0 Å². The summed E-state index contributed by atoms with van der Waals surface area (Å²) in [5.74, 6) is -1.55. The Hall–Kier alpha value is -3.19. The number of nitrogens with zero attached hydrogens (tertiary/aromatic N) is 3. The molecule has 1 aromatic rings. The van der Waals surface area contributed by atoms with Crippen molar-refractivity contribution in [1.29, 1.82) is 0 Å². The van der Waals surface area contributed by atoms with Crippen LogP contribution in [0.3, 0.4) is 0 Å². The van der Waals surface area contributed by atoms with Gasteiger partial charge in [0.15, 0.2) is 5.78 Å². The van der Waals surface area contributed by atoms with Crippen LogP contribution in [-0.2, 0) is 38.3 Å². The molecule has 12 nitrogen and oxygen atoms in total. The van der Waals surface area contributed by atoms with Crippen LogP contribution in [0.1, 0.15) is 118 Å². The average molecular weight is 811 g/mol. The van der Waals surface area contributed by atoms with Crippen LogP contribution in [0.4, 0.5) is 0 Å². The largest absolute Gasteiger partial charge is 0.379 e. The van der Waals surface area contributed by atoms with Crippen LogP contribution in [0.2, 0.25) is 0 Å². The number of benzene rings is 1. The third-order valence-electron chi connectivity index (χ3n) is 13.6. The smallest absolute Gasteiger partial charge is 0.253 e. The molecule has 2 aliphatic heterocycles. The Kier molecular flexibility index (Phi) is 17.5. The number of carbonyl (C=O) groups is 5. The Morgan fingerprint density at radius 3 is 2.16 bits per heavy atom. The number of likely N-dealkylation sites (tertiary alicyclic amines) is 1. The first-order valence-electron chi connectivity index (χ1n) is 21.9. The van der Waals surface area contributed by atoms with Gasteiger partial charge in [-0.1, -0.05) is 85.2 Å². The highest BCUT2D eigenvalue weighted by Gasteiger charge is 2.63. The Labute approximate surface area is 348 Å². The summed E-state index contributed by atoms with van der Waals surface area (Å²) in [5.41, 5.74) is 0.167. The predicted molar refractivity (Wildman–Crippen MR) is 225 cm³/mol. The first-order valence-corrected chi connectivity index (χ1v) is 21.9. The van der Waals surface area contributed by atoms with E-state index >= 15 is 0 Å². The number of ketones is 2. The van der Waals surface area contributed by atoms with Gasteiger partial charge in [-0.05, 0) is 68.4 Å². The lowest BCUT2D eigenvalue weighted by Crippen LogP contribution is -2.54. The minimum absolute atomic E-state index is 0.00202. The number of ether oxygens (including phenoxy) is 2. The molecule has 2 saturated heterocycles. The first-order chi connectivity index (χ1) is 27.6. The Morgan fingerprint density at radius 1 is 0.914 bits per heavy atom. The average Bonchev–Trinajstić information content (AvgIpc) is 3.74. The molecule has 0 unspecified atom stereocenters. The third kappa shape index (κ3) is 10.8. The van der Waals surface area contributed by atoms with Gasteiger partial charge >= 0.3 is 0 Å². The second-order valence-electron chi connectivity index (χ2n) is 18.0. The lowest BCUT2D eigenvalue weighted by Gasteiger charge is -2.41. The van der Waals surface area contributed by atoms with Crippen molar-refractivity contribution in [3.63, 3.8) is 0 Å². The van der Waals surface area contributed by atoms with Gasteiger partial charge in [0.2, 0.25) is 11.8 Å². The molecule has 4 rings (SSSR count). The molecule has 3 fully saturated rings. The fourth-order valence-corrected chi connectivity index (χ4v) is 9.83. The molecule has 2 heterocycles. The molecular weight excluding hydrogens is 737 g/mol. The number of likely N-dealkylation sites (N-methyl/N-ethyl adjacent to an activating group) is 2. The normalized spacial score (nSPS) is 24.5. The lowest BCUT2D eigenvalue weighted by atomic mass is 9.83. The van der Waals surface area contributed by atoms with Gasteiger partial charge in [0.1, 0.15) is 5.78 Å². The maximum absolute atomic E-state index is 14.4. The summed E-state index contributed by atoms with van der Waals surface area (Å²) in [6.45, 7) is 15.5. The molecule has 0 aromatic heterocycles. The highest BCUT2D eigenvalue weighted by molar-refractivity contribution is 5.94. The number of rotatable bonds is 22. The summed E-state index contributed by atoms with van der Waals surface area (Å²) in [4.78, 5) is 79.9. The molecule has 12 heteroatoms. The Bertz CT molecular complexity index is 1530. The zero-order valence-corrected chi connectivity index (χ0v) is 37.3. The van der Waals surface area contributed by atoms with Crippen LogP contribution in [0.15, 0.2) is 30.3 Å². The number of hydroxylamine groups is 2. The summed E-state index contributed by atoms with van der Waals surface area (Å²) in [6, 6.07) is 8.83. The number of nitrogens with one attached hydrogen (secondary N) is 1. The highest BCUT2D eigenvalue weighted by Crippen LogP contribution is 2.63. The number of methoxy groups -OCH3 is 2. The maximum Gasteiger partial charge on any atom is 0.253 e. The van der Waals surface area contributed by atoms with E-state index in [1.807, 2.05) is 69.9 Å². The van der Waals surface area contributed by atoms with Gasteiger partial charge in [-0.3, -0.25) is 28.8 Å². The third-order valence-corrected chi connectivity index (χ3v) is 13.6. The molecule has 1 aliphatic carbocycles. The van der Waals surface area contributed by atoms with E-state index in [0.29, 0.717) is 32.5 Å². The van der Waals surface area contributed by atoms with E-state index in [1.54, 1.807) is 33.2 Å². The molecule has 1 saturated carbocycles. The summed E-state index contributed by atoms with van der Waals surface area (Å²) in [6.07, 6.45) is 3.62. The van der Waals surface area contributed by atoms with E-state index in [-0.39, 0.29) is 84.3 Å². The van der Waals surface area contributed by atoms with Crippen molar-refractivity contribution in [2.75, 3.05) is 48.0 Å². The number of hydrogen-bond acceptors (Lipinski definition) is 9. The first kappa shape index (κ1) is 47.5. The van der Waals surface area contributed by atoms with Crippen LogP contribution >= 0.6 is 0 Å². The number of amides is 3. The molecule has 1 aromatic carbocycles. The topological polar surface area (TPSA) is 135 Å². The number of Topliss-reactive ketones (excluding diaryl/α,β-unsaturated/α-hetero) is 2. The molecule has 58 heavy (non-hydrogen) atoms. The van der Waals surface area contributed by atoms with Gasteiger partial charge in [-0.2, -0.15) is 0 Å². The number of hydrogen-bond donors (Lipinski definition) is 1. The van der Waals surface area contributed by atoms with Crippen molar-refractivity contribution in [1.82, 2.24) is 20.2 Å².